The third kappa shape index (κ3) is 3.85. The molecule has 3 heterocycles. The number of aliphatic hydroxyl groups is 1. The first kappa shape index (κ1) is 21.5. The Morgan fingerprint density at radius 3 is 2.64 bits per heavy atom. The van der Waals surface area contributed by atoms with E-state index in [1.165, 1.54) is 0 Å². The van der Waals surface area contributed by atoms with Gasteiger partial charge in [-0.05, 0) is 59.0 Å². The van der Waals surface area contributed by atoms with Crippen LogP contribution in [0.15, 0.2) is 67.0 Å². The van der Waals surface area contributed by atoms with Crippen molar-refractivity contribution in [2.24, 2.45) is 5.92 Å². The standard InChI is InChI=1S/C27H29N3O3/c1-29-24-10-7-20(19-5-8-21(33-2)9-6-19)15-23(24)27-22(25(29)17-31)11-13-30(27)26(32)14-18-4-3-12-28-16-18/h3-10,12,15-16,22,25,27,31H,11,13-14,17H2,1-2H3/t22-,25+,27-/m0/s1. The lowest BCUT2D eigenvalue weighted by Gasteiger charge is -2.44. The fourth-order valence-corrected chi connectivity index (χ4v) is 5.48. The molecule has 0 saturated carbocycles. The highest BCUT2D eigenvalue weighted by Crippen LogP contribution is 2.49. The molecule has 1 N–H and O–H groups in total. The van der Waals surface area contributed by atoms with E-state index in [1.54, 1.807) is 19.5 Å². The highest BCUT2D eigenvalue weighted by Gasteiger charge is 2.47. The van der Waals surface area contributed by atoms with Crippen LogP contribution in [0.1, 0.15) is 23.6 Å². The number of rotatable bonds is 5. The van der Waals surface area contributed by atoms with Crippen molar-refractivity contribution < 1.29 is 14.6 Å². The fraction of sp³-hybridized carbons (Fsp3) is 0.333. The number of carbonyl (C=O) groups is 1. The molecule has 2 aliphatic heterocycles. The number of aliphatic hydroxyl groups excluding tert-OH is 1. The number of aromatic nitrogens is 1. The molecule has 3 atom stereocenters. The third-order valence-electron chi connectivity index (χ3n) is 7.17. The number of carbonyl (C=O) groups excluding carboxylic acids is 1. The van der Waals surface area contributed by atoms with Gasteiger partial charge in [0.15, 0.2) is 0 Å². The minimum absolute atomic E-state index is 0.00877. The average molecular weight is 444 g/mol. The Morgan fingerprint density at radius 1 is 1.15 bits per heavy atom. The lowest BCUT2D eigenvalue weighted by molar-refractivity contribution is -0.132. The Balaban J connectivity index is 1.53. The maximum atomic E-state index is 13.4. The molecular weight excluding hydrogens is 414 g/mol. The van der Waals surface area contributed by atoms with Crippen LogP contribution < -0.4 is 9.64 Å². The molecule has 1 aromatic heterocycles. The Kier molecular flexibility index (Phi) is 5.77. The van der Waals surface area contributed by atoms with Crippen molar-refractivity contribution in [1.82, 2.24) is 9.88 Å². The molecule has 0 radical (unpaired) electrons. The molecule has 0 unspecified atom stereocenters. The van der Waals surface area contributed by atoms with Crippen LogP contribution in [0.3, 0.4) is 0 Å². The topological polar surface area (TPSA) is 65.9 Å². The lowest BCUT2D eigenvalue weighted by Crippen LogP contribution is -2.48. The number of fused-ring (bicyclic) bond motifs is 3. The van der Waals surface area contributed by atoms with Crippen molar-refractivity contribution in [3.63, 3.8) is 0 Å². The summed E-state index contributed by atoms with van der Waals surface area (Å²) < 4.78 is 5.30. The largest absolute Gasteiger partial charge is 0.497 e. The van der Waals surface area contributed by atoms with Crippen molar-refractivity contribution in [3.05, 3.63) is 78.1 Å². The van der Waals surface area contributed by atoms with Crippen molar-refractivity contribution in [2.75, 3.05) is 32.2 Å². The van der Waals surface area contributed by atoms with Crippen LogP contribution >= 0.6 is 0 Å². The summed E-state index contributed by atoms with van der Waals surface area (Å²) in [5.41, 5.74) is 5.36. The number of methoxy groups -OCH3 is 1. The second-order valence-electron chi connectivity index (χ2n) is 8.89. The molecule has 3 aromatic rings. The summed E-state index contributed by atoms with van der Waals surface area (Å²) in [5.74, 6) is 1.12. The normalized spacial score (nSPS) is 21.5. The number of likely N-dealkylation sites (N-methyl/N-ethyl adjacent to an activating group) is 1. The van der Waals surface area contributed by atoms with Gasteiger partial charge in [0.2, 0.25) is 5.91 Å². The van der Waals surface area contributed by atoms with E-state index in [2.05, 4.69) is 40.2 Å². The maximum absolute atomic E-state index is 13.4. The summed E-state index contributed by atoms with van der Waals surface area (Å²) in [4.78, 5) is 21.7. The Bertz CT molecular complexity index is 1130. The maximum Gasteiger partial charge on any atom is 0.227 e. The molecule has 0 spiro atoms. The zero-order valence-electron chi connectivity index (χ0n) is 19.0. The van der Waals surface area contributed by atoms with Crippen molar-refractivity contribution in [3.8, 4) is 16.9 Å². The molecular formula is C27H29N3O3. The molecule has 2 aliphatic rings. The van der Waals surface area contributed by atoms with Crippen molar-refractivity contribution in [1.29, 1.82) is 0 Å². The van der Waals surface area contributed by atoms with Crippen LogP contribution in [-0.4, -0.2) is 54.2 Å². The summed E-state index contributed by atoms with van der Waals surface area (Å²) >= 11 is 0. The van der Waals surface area contributed by atoms with Crippen molar-refractivity contribution >= 4 is 11.6 Å². The van der Waals surface area contributed by atoms with Gasteiger partial charge in [-0.1, -0.05) is 24.3 Å². The van der Waals surface area contributed by atoms with Gasteiger partial charge in [0.05, 0.1) is 32.2 Å². The number of nitrogens with zero attached hydrogens (tertiary/aromatic N) is 3. The number of anilines is 1. The molecule has 1 saturated heterocycles. The summed E-state index contributed by atoms with van der Waals surface area (Å²) in [7, 11) is 3.71. The summed E-state index contributed by atoms with van der Waals surface area (Å²) in [6.45, 7) is 0.771. The first-order valence-corrected chi connectivity index (χ1v) is 11.4. The van der Waals surface area contributed by atoms with E-state index < -0.39 is 0 Å². The number of benzene rings is 2. The Hall–Kier alpha value is -3.38. The van der Waals surface area contributed by atoms with Crippen LogP contribution in [0.2, 0.25) is 0 Å². The first-order valence-electron chi connectivity index (χ1n) is 11.4. The van der Waals surface area contributed by atoms with E-state index in [9.17, 15) is 9.90 Å². The van der Waals surface area contributed by atoms with E-state index in [1.807, 2.05) is 36.2 Å². The molecule has 6 nitrogen and oxygen atoms in total. The predicted octanol–water partition coefficient (Wildman–Crippen LogP) is 3.70. The van der Waals surface area contributed by atoms with E-state index >= 15 is 0 Å². The van der Waals surface area contributed by atoms with Crippen LogP contribution in [0.25, 0.3) is 11.1 Å². The van der Waals surface area contributed by atoms with Gasteiger partial charge in [0.1, 0.15) is 5.75 Å². The molecule has 2 aromatic carbocycles. The summed E-state index contributed by atoms with van der Waals surface area (Å²) in [6.07, 6.45) is 4.70. The van der Waals surface area contributed by atoms with Gasteiger partial charge < -0.3 is 19.6 Å². The molecule has 0 bridgehead atoms. The Labute approximate surface area is 194 Å². The second kappa shape index (κ2) is 8.87. The molecule has 6 heteroatoms. The van der Waals surface area contributed by atoms with Gasteiger partial charge >= 0.3 is 0 Å². The number of hydrogen-bond donors (Lipinski definition) is 1. The zero-order valence-corrected chi connectivity index (χ0v) is 19.0. The number of pyridine rings is 1. The van der Waals surface area contributed by atoms with Gasteiger partial charge in [0.25, 0.3) is 0 Å². The number of ether oxygens (including phenoxy) is 1. The van der Waals surface area contributed by atoms with E-state index in [4.69, 9.17) is 4.74 Å². The molecule has 0 aliphatic carbocycles. The minimum Gasteiger partial charge on any atom is -0.497 e. The number of likely N-dealkylation sites (tertiary alicyclic amines) is 1. The van der Waals surface area contributed by atoms with Crippen LogP contribution in [0, 0.1) is 5.92 Å². The van der Waals surface area contributed by atoms with Gasteiger partial charge in [-0.3, -0.25) is 9.78 Å². The molecule has 5 rings (SSSR count). The predicted molar refractivity (Wildman–Crippen MR) is 128 cm³/mol. The smallest absolute Gasteiger partial charge is 0.227 e. The average Bonchev–Trinajstić information content (AvgIpc) is 3.30. The van der Waals surface area contributed by atoms with E-state index in [0.29, 0.717) is 13.0 Å². The van der Waals surface area contributed by atoms with Gasteiger partial charge in [-0.2, -0.15) is 0 Å². The van der Waals surface area contributed by atoms with Gasteiger partial charge in [-0.25, -0.2) is 0 Å². The minimum atomic E-state index is -0.0456. The van der Waals surface area contributed by atoms with Crippen molar-refractivity contribution in [2.45, 2.75) is 24.9 Å². The van der Waals surface area contributed by atoms with Crippen LogP contribution in [0.5, 0.6) is 5.75 Å². The van der Waals surface area contributed by atoms with E-state index in [-0.39, 0.29) is 30.5 Å². The van der Waals surface area contributed by atoms with E-state index in [0.717, 1.165) is 40.1 Å². The summed E-state index contributed by atoms with van der Waals surface area (Å²) in [5, 5.41) is 10.2. The number of amides is 1. The zero-order chi connectivity index (χ0) is 22.9. The molecule has 1 fully saturated rings. The Morgan fingerprint density at radius 2 is 1.94 bits per heavy atom. The first-order chi connectivity index (χ1) is 16.1. The van der Waals surface area contributed by atoms with Gasteiger partial charge in [0, 0.05) is 37.6 Å². The number of hydrogen-bond acceptors (Lipinski definition) is 5. The molecule has 1 amide bonds. The highest BCUT2D eigenvalue weighted by molar-refractivity contribution is 5.81. The SMILES string of the molecule is COc1ccc(-c2ccc3c(c2)[C@@H]2[C@@H](CCN2C(=O)Cc2cccnc2)[C@@H](CO)N3C)cc1. The second-order valence-corrected chi connectivity index (χ2v) is 8.89. The van der Waals surface area contributed by atoms with Crippen LogP contribution in [-0.2, 0) is 11.2 Å². The van der Waals surface area contributed by atoms with Crippen LogP contribution in [0.4, 0.5) is 5.69 Å². The lowest BCUT2D eigenvalue weighted by atomic mass is 9.81. The quantitative estimate of drug-likeness (QED) is 0.651. The fourth-order valence-electron chi connectivity index (χ4n) is 5.48. The van der Waals surface area contributed by atoms with Gasteiger partial charge in [-0.15, -0.1) is 0 Å². The third-order valence-corrected chi connectivity index (χ3v) is 7.17. The summed E-state index contributed by atoms with van der Waals surface area (Å²) in [6, 6.07) is 18.2. The molecule has 33 heavy (non-hydrogen) atoms. The molecule has 170 valence electrons. The highest BCUT2D eigenvalue weighted by atomic mass is 16.5. The monoisotopic (exact) mass is 443 g/mol.